The van der Waals surface area contributed by atoms with Gasteiger partial charge in [0.05, 0.1) is 5.02 Å². The molecular formula is C14H22ClN3. The molecule has 0 aliphatic heterocycles. The minimum atomic E-state index is 0.639. The molecule has 1 N–H and O–H groups in total. The first-order valence-corrected chi connectivity index (χ1v) is 7.03. The molecular weight excluding hydrogens is 246 g/mol. The van der Waals surface area contributed by atoms with Crippen LogP contribution in [0.3, 0.4) is 0 Å². The average Bonchev–Trinajstić information content (AvgIpc) is 3.11. The Morgan fingerprint density at radius 2 is 2.22 bits per heavy atom. The summed E-state index contributed by atoms with van der Waals surface area (Å²) in [5, 5.41) is 4.16. The van der Waals surface area contributed by atoms with Crippen molar-refractivity contribution < 1.29 is 0 Å². The van der Waals surface area contributed by atoms with Gasteiger partial charge in [0, 0.05) is 25.8 Å². The lowest BCUT2D eigenvalue weighted by molar-refractivity contribution is 0.552. The summed E-state index contributed by atoms with van der Waals surface area (Å²) < 4.78 is 0. The standard InChI is InChI=1S/C14H22ClN3/c1-10(2)7-16-8-11-6-13(15)14(17-9-11)18(3)12-4-5-12/h6,9-10,12,16H,4-5,7-8H2,1-3H3. The van der Waals surface area contributed by atoms with Crippen LogP contribution in [0, 0.1) is 5.92 Å². The summed E-state index contributed by atoms with van der Waals surface area (Å²) in [5.41, 5.74) is 1.15. The minimum absolute atomic E-state index is 0.639. The molecule has 0 amide bonds. The van der Waals surface area contributed by atoms with E-state index in [-0.39, 0.29) is 0 Å². The zero-order valence-electron chi connectivity index (χ0n) is 11.4. The van der Waals surface area contributed by atoms with Gasteiger partial charge in [-0.25, -0.2) is 4.98 Å². The van der Waals surface area contributed by atoms with Crippen molar-refractivity contribution in [3.05, 3.63) is 22.8 Å². The second kappa shape index (κ2) is 5.89. The van der Waals surface area contributed by atoms with Gasteiger partial charge in [0.15, 0.2) is 0 Å². The molecule has 100 valence electrons. The van der Waals surface area contributed by atoms with E-state index in [0.29, 0.717) is 12.0 Å². The van der Waals surface area contributed by atoms with E-state index in [0.717, 1.165) is 29.5 Å². The zero-order chi connectivity index (χ0) is 13.1. The van der Waals surface area contributed by atoms with Gasteiger partial charge in [-0.1, -0.05) is 25.4 Å². The molecule has 0 unspecified atom stereocenters. The number of rotatable bonds is 6. The molecule has 1 heterocycles. The highest BCUT2D eigenvalue weighted by molar-refractivity contribution is 6.33. The van der Waals surface area contributed by atoms with Gasteiger partial charge >= 0.3 is 0 Å². The Bertz CT molecular complexity index is 402. The highest BCUT2D eigenvalue weighted by atomic mass is 35.5. The fourth-order valence-corrected chi connectivity index (χ4v) is 2.29. The maximum atomic E-state index is 6.31. The van der Waals surface area contributed by atoms with Crippen molar-refractivity contribution in [3.8, 4) is 0 Å². The third kappa shape index (κ3) is 3.59. The molecule has 1 saturated carbocycles. The molecule has 0 radical (unpaired) electrons. The number of nitrogens with zero attached hydrogens (tertiary/aromatic N) is 2. The number of hydrogen-bond donors (Lipinski definition) is 1. The number of anilines is 1. The zero-order valence-corrected chi connectivity index (χ0v) is 12.2. The predicted molar refractivity (Wildman–Crippen MR) is 77.2 cm³/mol. The minimum Gasteiger partial charge on any atom is -0.355 e. The van der Waals surface area contributed by atoms with Crippen molar-refractivity contribution in [1.29, 1.82) is 0 Å². The number of hydrogen-bond acceptors (Lipinski definition) is 3. The van der Waals surface area contributed by atoms with Crippen molar-refractivity contribution in [3.63, 3.8) is 0 Å². The topological polar surface area (TPSA) is 28.2 Å². The fourth-order valence-electron chi connectivity index (χ4n) is 1.97. The van der Waals surface area contributed by atoms with Crippen LogP contribution in [0.25, 0.3) is 0 Å². The number of pyridine rings is 1. The van der Waals surface area contributed by atoms with Crippen molar-refractivity contribution in [2.45, 2.75) is 39.3 Å². The lowest BCUT2D eigenvalue weighted by atomic mass is 10.2. The molecule has 2 rings (SSSR count). The Balaban J connectivity index is 1.96. The Morgan fingerprint density at radius 1 is 1.50 bits per heavy atom. The van der Waals surface area contributed by atoms with Crippen LogP contribution >= 0.6 is 11.6 Å². The van der Waals surface area contributed by atoms with Crippen LogP contribution in [0.15, 0.2) is 12.3 Å². The first-order chi connectivity index (χ1) is 8.58. The van der Waals surface area contributed by atoms with Crippen LogP contribution in [0.5, 0.6) is 0 Å². The first kappa shape index (κ1) is 13.6. The Morgan fingerprint density at radius 3 is 2.78 bits per heavy atom. The van der Waals surface area contributed by atoms with E-state index in [2.05, 4.69) is 36.1 Å². The second-order valence-corrected chi connectivity index (χ2v) is 5.92. The second-order valence-electron chi connectivity index (χ2n) is 5.52. The maximum absolute atomic E-state index is 6.31. The van der Waals surface area contributed by atoms with Crippen LogP contribution in [0.2, 0.25) is 5.02 Å². The van der Waals surface area contributed by atoms with Crippen molar-refractivity contribution in [2.75, 3.05) is 18.5 Å². The molecule has 0 atom stereocenters. The van der Waals surface area contributed by atoms with Gasteiger partial charge in [-0.15, -0.1) is 0 Å². The number of halogens is 1. The Kier molecular flexibility index (Phi) is 4.46. The smallest absolute Gasteiger partial charge is 0.147 e. The van der Waals surface area contributed by atoms with Crippen molar-refractivity contribution in [2.24, 2.45) is 5.92 Å². The summed E-state index contributed by atoms with van der Waals surface area (Å²) in [6, 6.07) is 2.66. The molecule has 18 heavy (non-hydrogen) atoms. The molecule has 0 saturated heterocycles. The maximum Gasteiger partial charge on any atom is 0.147 e. The van der Waals surface area contributed by atoms with Crippen molar-refractivity contribution >= 4 is 17.4 Å². The third-order valence-corrected chi connectivity index (χ3v) is 3.47. The van der Waals surface area contributed by atoms with Crippen LogP contribution in [-0.2, 0) is 6.54 Å². The highest BCUT2D eigenvalue weighted by Crippen LogP contribution is 2.33. The quantitative estimate of drug-likeness (QED) is 0.859. The van der Waals surface area contributed by atoms with E-state index in [1.54, 1.807) is 0 Å². The van der Waals surface area contributed by atoms with Gasteiger partial charge in [0.1, 0.15) is 5.82 Å². The largest absolute Gasteiger partial charge is 0.355 e. The van der Waals surface area contributed by atoms with Gasteiger partial charge in [0.2, 0.25) is 0 Å². The lowest BCUT2D eigenvalue weighted by Crippen LogP contribution is -2.22. The van der Waals surface area contributed by atoms with E-state index in [4.69, 9.17) is 11.6 Å². The summed E-state index contributed by atoms with van der Waals surface area (Å²) in [7, 11) is 2.07. The summed E-state index contributed by atoms with van der Waals surface area (Å²) in [6.07, 6.45) is 4.44. The molecule has 0 spiro atoms. The summed E-state index contributed by atoms with van der Waals surface area (Å²) in [5.74, 6) is 1.57. The van der Waals surface area contributed by atoms with E-state index < -0.39 is 0 Å². The average molecular weight is 268 g/mol. The summed E-state index contributed by atoms with van der Waals surface area (Å²) in [6.45, 7) is 6.25. The van der Waals surface area contributed by atoms with Crippen LogP contribution < -0.4 is 10.2 Å². The summed E-state index contributed by atoms with van der Waals surface area (Å²) in [4.78, 5) is 6.68. The number of nitrogens with one attached hydrogen (secondary N) is 1. The van der Waals surface area contributed by atoms with Crippen LogP contribution in [0.1, 0.15) is 32.3 Å². The molecule has 0 aromatic carbocycles. The van der Waals surface area contributed by atoms with E-state index in [1.165, 1.54) is 12.8 Å². The Hall–Kier alpha value is -0.800. The van der Waals surface area contributed by atoms with Gasteiger partial charge < -0.3 is 10.2 Å². The van der Waals surface area contributed by atoms with E-state index in [9.17, 15) is 0 Å². The third-order valence-electron chi connectivity index (χ3n) is 3.19. The highest BCUT2D eigenvalue weighted by Gasteiger charge is 2.28. The summed E-state index contributed by atoms with van der Waals surface area (Å²) >= 11 is 6.31. The van der Waals surface area contributed by atoms with E-state index in [1.807, 2.05) is 12.3 Å². The Labute approximate surface area is 115 Å². The molecule has 3 nitrogen and oxygen atoms in total. The predicted octanol–water partition coefficient (Wildman–Crippen LogP) is 3.08. The van der Waals surface area contributed by atoms with E-state index >= 15 is 0 Å². The molecule has 0 bridgehead atoms. The SMILES string of the molecule is CC(C)CNCc1cnc(N(C)C2CC2)c(Cl)c1. The van der Waals surface area contributed by atoms with Crippen LogP contribution in [0.4, 0.5) is 5.82 Å². The molecule has 1 aliphatic rings. The molecule has 1 aromatic rings. The lowest BCUT2D eigenvalue weighted by Gasteiger charge is -2.19. The molecule has 1 aromatic heterocycles. The molecule has 1 fully saturated rings. The van der Waals surface area contributed by atoms with Gasteiger partial charge in [-0.05, 0) is 36.9 Å². The first-order valence-electron chi connectivity index (χ1n) is 6.66. The normalized spacial score (nSPS) is 15.2. The van der Waals surface area contributed by atoms with Gasteiger partial charge in [-0.3, -0.25) is 0 Å². The molecule has 1 aliphatic carbocycles. The fraction of sp³-hybridized carbons (Fsp3) is 0.643. The van der Waals surface area contributed by atoms with Crippen LogP contribution in [-0.4, -0.2) is 24.6 Å². The molecule has 4 heteroatoms. The van der Waals surface area contributed by atoms with Crippen molar-refractivity contribution in [1.82, 2.24) is 10.3 Å². The monoisotopic (exact) mass is 267 g/mol. The number of aromatic nitrogens is 1. The van der Waals surface area contributed by atoms with Gasteiger partial charge in [-0.2, -0.15) is 0 Å². The van der Waals surface area contributed by atoms with Gasteiger partial charge in [0.25, 0.3) is 0 Å².